The molecule has 2 aliphatic rings. The van der Waals surface area contributed by atoms with E-state index in [9.17, 15) is 18.0 Å². The maximum Gasteiger partial charge on any atom is 0.286 e. The predicted octanol–water partition coefficient (Wildman–Crippen LogP) is 7.35. The van der Waals surface area contributed by atoms with Crippen LogP contribution in [0.4, 0.5) is 4.79 Å². The third kappa shape index (κ3) is 9.22. The van der Waals surface area contributed by atoms with E-state index in [1.807, 2.05) is 67.6 Å². The quantitative estimate of drug-likeness (QED) is 0.128. The van der Waals surface area contributed by atoms with Gasteiger partial charge in [0.15, 0.2) is 9.84 Å². The van der Waals surface area contributed by atoms with E-state index in [1.54, 1.807) is 6.07 Å². The molecule has 0 spiro atoms. The largest absolute Gasteiger partial charge is 0.494 e. The van der Waals surface area contributed by atoms with E-state index in [4.69, 9.17) is 9.47 Å². The summed E-state index contributed by atoms with van der Waals surface area (Å²) in [6, 6.07) is 17.3. The van der Waals surface area contributed by atoms with Gasteiger partial charge in [-0.1, -0.05) is 61.9 Å². The first-order chi connectivity index (χ1) is 20.2. The summed E-state index contributed by atoms with van der Waals surface area (Å²) < 4.78 is 36.8. The van der Waals surface area contributed by atoms with E-state index in [-0.39, 0.29) is 11.1 Å². The molecule has 1 atom stereocenters. The summed E-state index contributed by atoms with van der Waals surface area (Å²) >= 11 is 0.974. The Morgan fingerprint density at radius 1 is 1.00 bits per heavy atom. The van der Waals surface area contributed by atoms with Crippen LogP contribution in [-0.4, -0.2) is 32.8 Å². The molecule has 0 bridgehead atoms. The number of ether oxygens (including phenoxy) is 2. The molecule has 1 unspecified atom stereocenters. The van der Waals surface area contributed by atoms with Crippen molar-refractivity contribution in [2.75, 3.05) is 13.2 Å². The van der Waals surface area contributed by atoms with Crippen LogP contribution in [0.1, 0.15) is 62.3 Å². The highest BCUT2D eigenvalue weighted by molar-refractivity contribution is 8.15. The number of rotatable bonds is 15. The van der Waals surface area contributed by atoms with Crippen molar-refractivity contribution in [3.63, 3.8) is 0 Å². The third-order valence-corrected chi connectivity index (χ3v) is 9.10. The van der Waals surface area contributed by atoms with Crippen LogP contribution in [0.2, 0.25) is 0 Å². The molecular weight excluding hydrogens is 570 g/mol. The standard InChI is InChI=1S/C33H37NO6S2/c1-3-10-24(2)30(18-17-28-23-42(37,38)22-27(28)16-15-25-11-5-4-6-12-25)40-20-8-7-19-39-29-14-9-13-26(21-29)31-32(35)34-33(36)41-31/h4-6,9,11-14,17-18,21-23,31H,3,7-8,10,15-16,19-20H2,1-2H3,(H,34,35,36)/b18-17-,30-24-. The van der Waals surface area contributed by atoms with Gasteiger partial charge >= 0.3 is 0 Å². The van der Waals surface area contributed by atoms with Gasteiger partial charge < -0.3 is 9.47 Å². The zero-order valence-electron chi connectivity index (χ0n) is 24.0. The van der Waals surface area contributed by atoms with Gasteiger partial charge in [0.25, 0.3) is 5.24 Å². The number of thioether (sulfide) groups is 1. The number of benzene rings is 2. The van der Waals surface area contributed by atoms with Crippen molar-refractivity contribution in [2.24, 2.45) is 0 Å². The van der Waals surface area contributed by atoms with Crippen molar-refractivity contribution in [1.82, 2.24) is 5.32 Å². The maximum absolute atomic E-state index is 12.4. The average Bonchev–Trinajstić information content (AvgIpc) is 3.47. The van der Waals surface area contributed by atoms with Gasteiger partial charge in [0.1, 0.15) is 16.8 Å². The fraction of sp³-hybridized carbons (Fsp3) is 0.333. The van der Waals surface area contributed by atoms with E-state index < -0.39 is 15.1 Å². The second-order valence-electron chi connectivity index (χ2n) is 10.3. The highest BCUT2D eigenvalue weighted by Crippen LogP contribution is 2.35. The molecule has 2 heterocycles. The number of hydrogen-bond donors (Lipinski definition) is 1. The topological polar surface area (TPSA) is 98.8 Å². The van der Waals surface area contributed by atoms with Crippen LogP contribution < -0.4 is 10.1 Å². The molecule has 7 nitrogen and oxygen atoms in total. The minimum Gasteiger partial charge on any atom is -0.494 e. The zero-order chi connectivity index (χ0) is 30.0. The van der Waals surface area contributed by atoms with Crippen molar-refractivity contribution >= 4 is 32.7 Å². The summed E-state index contributed by atoms with van der Waals surface area (Å²) in [5.41, 5.74) is 4.53. The molecular formula is C33H37NO6S2. The summed E-state index contributed by atoms with van der Waals surface area (Å²) in [4.78, 5) is 23.5. The van der Waals surface area contributed by atoms with Crippen LogP contribution >= 0.6 is 11.8 Å². The summed E-state index contributed by atoms with van der Waals surface area (Å²) in [6.07, 6.45) is 8.54. The number of carbonyl (C=O) groups is 2. The number of sulfone groups is 1. The first-order valence-electron chi connectivity index (χ1n) is 14.2. The number of nitrogens with one attached hydrogen (secondary N) is 1. The molecule has 0 aliphatic carbocycles. The van der Waals surface area contributed by atoms with Crippen molar-refractivity contribution in [3.8, 4) is 5.75 Å². The normalized spacial score (nSPS) is 18.5. The Morgan fingerprint density at radius 3 is 2.52 bits per heavy atom. The number of imide groups is 1. The fourth-order valence-corrected chi connectivity index (χ4v) is 6.85. The molecule has 4 rings (SSSR count). The van der Waals surface area contributed by atoms with Crippen LogP contribution in [-0.2, 0) is 25.8 Å². The molecule has 0 radical (unpaired) electrons. The van der Waals surface area contributed by atoms with Gasteiger partial charge in [0.2, 0.25) is 5.91 Å². The molecule has 222 valence electrons. The van der Waals surface area contributed by atoms with E-state index in [1.165, 1.54) is 16.4 Å². The Kier molecular flexibility index (Phi) is 11.3. The van der Waals surface area contributed by atoms with Crippen LogP contribution in [0.3, 0.4) is 0 Å². The molecule has 2 aromatic rings. The minimum absolute atomic E-state index is 0.305. The first kappa shape index (κ1) is 31.4. The summed E-state index contributed by atoms with van der Waals surface area (Å²) in [5, 5.41) is 4.13. The second kappa shape index (κ2) is 15.1. The molecule has 9 heteroatoms. The number of aryl methyl sites for hydroxylation is 1. The number of unbranched alkanes of at least 4 members (excludes halogenated alkanes) is 1. The van der Waals surface area contributed by atoms with Crippen LogP contribution in [0.25, 0.3) is 0 Å². The van der Waals surface area contributed by atoms with Gasteiger partial charge in [0.05, 0.1) is 13.2 Å². The Bertz CT molecular complexity index is 1510. The lowest BCUT2D eigenvalue weighted by Crippen LogP contribution is -2.20. The van der Waals surface area contributed by atoms with E-state index in [2.05, 4.69) is 12.2 Å². The van der Waals surface area contributed by atoms with Crippen molar-refractivity contribution in [2.45, 2.75) is 57.6 Å². The zero-order valence-corrected chi connectivity index (χ0v) is 25.6. The van der Waals surface area contributed by atoms with Gasteiger partial charge in [-0.2, -0.15) is 0 Å². The SMILES string of the molecule is CCC/C(C)=C(/C=C\C1=CS(=O)(=O)C=C1CCc1ccccc1)OCCCCOc1cccc(C2SC(=O)NC2=O)c1. The van der Waals surface area contributed by atoms with E-state index in [0.29, 0.717) is 31.0 Å². The van der Waals surface area contributed by atoms with Crippen LogP contribution in [0.15, 0.2) is 100 Å². The van der Waals surface area contributed by atoms with E-state index in [0.717, 1.165) is 66.3 Å². The first-order valence-corrected chi connectivity index (χ1v) is 16.7. The predicted molar refractivity (Wildman–Crippen MR) is 168 cm³/mol. The smallest absolute Gasteiger partial charge is 0.286 e. The van der Waals surface area contributed by atoms with Crippen LogP contribution in [0, 0.1) is 0 Å². The summed E-state index contributed by atoms with van der Waals surface area (Å²) in [5.74, 6) is 1.11. The molecule has 2 aliphatic heterocycles. The highest BCUT2D eigenvalue weighted by atomic mass is 32.2. The molecule has 1 saturated heterocycles. The monoisotopic (exact) mass is 607 g/mol. The molecule has 2 aromatic carbocycles. The highest BCUT2D eigenvalue weighted by Gasteiger charge is 2.33. The Hall–Kier alpha value is -3.56. The number of allylic oxidation sites excluding steroid dienone is 5. The molecule has 1 fully saturated rings. The number of hydrogen-bond acceptors (Lipinski definition) is 7. The van der Waals surface area contributed by atoms with Gasteiger partial charge in [-0.05, 0) is 96.8 Å². The molecule has 0 aromatic heterocycles. The second-order valence-corrected chi connectivity index (χ2v) is 13.0. The Balaban J connectivity index is 1.28. The van der Waals surface area contributed by atoms with Crippen molar-refractivity contribution in [3.05, 3.63) is 111 Å². The van der Waals surface area contributed by atoms with Gasteiger partial charge in [-0.25, -0.2) is 8.42 Å². The Labute approximate surface area is 252 Å². The van der Waals surface area contributed by atoms with Crippen LogP contribution in [0.5, 0.6) is 5.75 Å². The molecule has 2 amide bonds. The van der Waals surface area contributed by atoms with E-state index >= 15 is 0 Å². The lowest BCUT2D eigenvalue weighted by atomic mass is 10.00. The number of carbonyl (C=O) groups excluding carboxylic acids is 2. The molecule has 1 N–H and O–H groups in total. The number of amides is 2. The van der Waals surface area contributed by atoms with Gasteiger partial charge in [-0.15, -0.1) is 0 Å². The minimum atomic E-state index is -3.37. The third-order valence-electron chi connectivity index (χ3n) is 6.87. The maximum atomic E-state index is 12.4. The summed E-state index contributed by atoms with van der Waals surface area (Å²) in [6.45, 7) is 5.14. The lowest BCUT2D eigenvalue weighted by Gasteiger charge is -2.12. The lowest BCUT2D eigenvalue weighted by molar-refractivity contribution is -0.119. The van der Waals surface area contributed by atoms with Gasteiger partial charge in [0, 0.05) is 10.8 Å². The van der Waals surface area contributed by atoms with Crippen molar-refractivity contribution in [1.29, 1.82) is 0 Å². The summed E-state index contributed by atoms with van der Waals surface area (Å²) in [7, 11) is -3.37. The Morgan fingerprint density at radius 2 is 1.79 bits per heavy atom. The van der Waals surface area contributed by atoms with Crippen molar-refractivity contribution < 1.29 is 27.5 Å². The molecule has 0 saturated carbocycles. The molecule has 42 heavy (non-hydrogen) atoms. The van der Waals surface area contributed by atoms with Gasteiger partial charge in [-0.3, -0.25) is 14.9 Å². The fourth-order valence-electron chi connectivity index (χ4n) is 4.72. The average molecular weight is 608 g/mol.